The number of halogens is 1. The zero-order chi connectivity index (χ0) is 11.9. The van der Waals surface area contributed by atoms with Gasteiger partial charge in [-0.3, -0.25) is 0 Å². The smallest absolute Gasteiger partial charge is 0.401 e. The number of aliphatic hydroxyl groups excluding tert-OH is 1. The maximum absolute atomic E-state index is 9.81. The van der Waals surface area contributed by atoms with Crippen molar-refractivity contribution >= 4 is 17.0 Å². The van der Waals surface area contributed by atoms with E-state index >= 15 is 0 Å². The molecule has 0 aromatic carbocycles. The molecular weight excluding hydrogens is 216 g/mol. The van der Waals surface area contributed by atoms with Crippen molar-refractivity contribution < 1.29 is 15.0 Å². The van der Waals surface area contributed by atoms with E-state index in [0.29, 0.717) is 5.41 Å². The minimum atomic E-state index is -1.36. The van der Waals surface area contributed by atoms with Crippen LogP contribution in [0.2, 0.25) is 0 Å². The second-order valence-corrected chi connectivity index (χ2v) is 5.70. The summed E-state index contributed by atoms with van der Waals surface area (Å²) < 4.78 is 0. The molecule has 2 rings (SSSR count). The average molecular weight is 235 g/mol. The van der Waals surface area contributed by atoms with E-state index in [0.717, 1.165) is 12.3 Å². The van der Waals surface area contributed by atoms with Crippen LogP contribution in [0.4, 0.5) is 4.79 Å². The van der Waals surface area contributed by atoms with Gasteiger partial charge in [-0.2, -0.15) is 0 Å². The molecule has 2 saturated carbocycles. The van der Waals surface area contributed by atoms with E-state index in [1.54, 1.807) is 0 Å². The number of hydrogen-bond acceptors (Lipinski definition) is 2. The molecule has 0 radical (unpaired) electrons. The van der Waals surface area contributed by atoms with Crippen LogP contribution in [-0.4, -0.2) is 21.7 Å². The third-order valence-electron chi connectivity index (χ3n) is 4.75. The molecule has 0 unspecified atom stereocenters. The standard InChI is InChI=1S/C10H18O.CHClO2/c1-9(2)7-4-5-10(9,3)8(11)6-7;2-1(3)4/h7-8,11H,4-6H2,1-3H3;(H,3,4)/t7-,8-,10-;/m1./s1. The number of fused-ring (bicyclic) bond motifs is 2. The Morgan fingerprint density at radius 3 is 2.00 bits per heavy atom. The Hall–Kier alpha value is -0.280. The normalized spacial score (nSPS) is 40.9. The lowest BCUT2D eigenvalue weighted by Crippen LogP contribution is -2.35. The molecule has 0 amide bonds. The fraction of sp³-hybridized carbons (Fsp3) is 0.909. The largest absolute Gasteiger partial charge is 0.469 e. The Morgan fingerprint density at radius 2 is 1.87 bits per heavy atom. The molecule has 0 heterocycles. The summed E-state index contributed by atoms with van der Waals surface area (Å²) in [6.07, 6.45) is 3.58. The van der Waals surface area contributed by atoms with Crippen LogP contribution in [0, 0.1) is 16.7 Å². The maximum Gasteiger partial charge on any atom is 0.401 e. The summed E-state index contributed by atoms with van der Waals surface area (Å²) in [6.45, 7) is 6.90. The first-order valence-electron chi connectivity index (χ1n) is 5.28. The summed E-state index contributed by atoms with van der Waals surface area (Å²) in [5.41, 5.74) is -0.760. The highest BCUT2D eigenvalue weighted by Crippen LogP contribution is 2.65. The SMILES string of the molecule is CC1(C)[C@@H]2CC[C@]1(C)[C@H](O)C2.O=C(O)Cl. The molecule has 0 spiro atoms. The second kappa shape index (κ2) is 3.95. The highest BCUT2D eigenvalue weighted by atomic mass is 35.5. The highest BCUT2D eigenvalue weighted by Gasteiger charge is 2.60. The lowest BCUT2D eigenvalue weighted by molar-refractivity contribution is 0.0126. The number of aliphatic hydroxyl groups is 1. The molecule has 4 heteroatoms. The minimum absolute atomic E-state index is 0.0313. The van der Waals surface area contributed by atoms with Crippen molar-refractivity contribution in [2.45, 2.75) is 46.1 Å². The van der Waals surface area contributed by atoms with Crippen molar-refractivity contribution in [2.75, 3.05) is 0 Å². The van der Waals surface area contributed by atoms with Crippen molar-refractivity contribution in [2.24, 2.45) is 16.7 Å². The Morgan fingerprint density at radius 1 is 1.40 bits per heavy atom. The minimum Gasteiger partial charge on any atom is -0.469 e. The lowest BCUT2D eigenvalue weighted by atomic mass is 9.70. The summed E-state index contributed by atoms with van der Waals surface area (Å²) in [5.74, 6) is 0.780. The van der Waals surface area contributed by atoms with Crippen molar-refractivity contribution in [3.05, 3.63) is 0 Å². The monoisotopic (exact) mass is 234 g/mol. The van der Waals surface area contributed by atoms with Crippen LogP contribution in [0.25, 0.3) is 0 Å². The third kappa shape index (κ3) is 2.00. The molecule has 2 fully saturated rings. The van der Waals surface area contributed by atoms with Crippen molar-refractivity contribution in [3.63, 3.8) is 0 Å². The predicted molar refractivity (Wildman–Crippen MR) is 59.1 cm³/mol. The van der Waals surface area contributed by atoms with E-state index < -0.39 is 5.43 Å². The maximum atomic E-state index is 9.81. The van der Waals surface area contributed by atoms with E-state index in [2.05, 4.69) is 32.4 Å². The van der Waals surface area contributed by atoms with Crippen LogP contribution in [0.5, 0.6) is 0 Å². The number of carbonyl (C=O) groups is 1. The first-order chi connectivity index (χ1) is 6.72. The molecule has 2 aliphatic carbocycles. The molecule has 0 aromatic rings. The van der Waals surface area contributed by atoms with Crippen LogP contribution < -0.4 is 0 Å². The van der Waals surface area contributed by atoms with Crippen LogP contribution >= 0.6 is 11.6 Å². The van der Waals surface area contributed by atoms with Gasteiger partial charge in [-0.25, -0.2) is 4.79 Å². The summed E-state index contributed by atoms with van der Waals surface area (Å²) in [5, 5.41) is 17.0. The zero-order valence-corrected chi connectivity index (χ0v) is 10.2. The number of hydrogen-bond donors (Lipinski definition) is 2. The molecule has 0 saturated heterocycles. The van der Waals surface area contributed by atoms with Gasteiger partial charge in [0.2, 0.25) is 0 Å². The molecule has 88 valence electrons. The van der Waals surface area contributed by atoms with Gasteiger partial charge in [0.05, 0.1) is 6.10 Å². The molecule has 3 nitrogen and oxygen atoms in total. The third-order valence-corrected chi connectivity index (χ3v) is 4.75. The average Bonchev–Trinajstić information content (AvgIpc) is 2.36. The van der Waals surface area contributed by atoms with Gasteiger partial charge in [0.25, 0.3) is 0 Å². The predicted octanol–water partition coefficient (Wildman–Crippen LogP) is 3.10. The van der Waals surface area contributed by atoms with Crippen LogP contribution in [0.3, 0.4) is 0 Å². The van der Waals surface area contributed by atoms with E-state index in [4.69, 9.17) is 9.90 Å². The first kappa shape index (κ1) is 12.8. The molecule has 2 bridgehead atoms. The fourth-order valence-corrected chi connectivity index (χ4v) is 3.16. The van der Waals surface area contributed by atoms with E-state index in [9.17, 15) is 5.11 Å². The Kier molecular flexibility index (Phi) is 3.36. The molecule has 0 aliphatic heterocycles. The molecular formula is C11H19ClO3. The summed E-state index contributed by atoms with van der Waals surface area (Å²) in [6, 6.07) is 0. The van der Waals surface area contributed by atoms with Gasteiger partial charge >= 0.3 is 5.43 Å². The molecule has 15 heavy (non-hydrogen) atoms. The first-order valence-corrected chi connectivity index (χ1v) is 5.66. The lowest BCUT2D eigenvalue weighted by Gasteiger charge is -2.36. The van der Waals surface area contributed by atoms with Gasteiger partial charge < -0.3 is 10.2 Å². The summed E-state index contributed by atoms with van der Waals surface area (Å²) in [4.78, 5) is 8.77. The summed E-state index contributed by atoms with van der Waals surface area (Å²) in [7, 11) is 0. The van der Waals surface area contributed by atoms with Gasteiger partial charge in [-0.1, -0.05) is 20.8 Å². The van der Waals surface area contributed by atoms with Crippen LogP contribution in [0.15, 0.2) is 0 Å². The van der Waals surface area contributed by atoms with Crippen LogP contribution in [-0.2, 0) is 0 Å². The van der Waals surface area contributed by atoms with Gasteiger partial charge in [0.1, 0.15) is 0 Å². The zero-order valence-electron chi connectivity index (χ0n) is 9.46. The van der Waals surface area contributed by atoms with Crippen LogP contribution in [0.1, 0.15) is 40.0 Å². The van der Waals surface area contributed by atoms with Gasteiger partial charge in [0.15, 0.2) is 0 Å². The quantitative estimate of drug-likeness (QED) is 0.634. The number of carboxylic acid groups (broad SMARTS) is 1. The summed E-state index contributed by atoms with van der Waals surface area (Å²) >= 11 is 4.19. The molecule has 3 atom stereocenters. The van der Waals surface area contributed by atoms with E-state index in [1.165, 1.54) is 12.8 Å². The molecule has 0 aromatic heterocycles. The topological polar surface area (TPSA) is 57.5 Å². The van der Waals surface area contributed by atoms with Gasteiger partial charge in [-0.05, 0) is 36.0 Å². The number of rotatable bonds is 0. The molecule has 2 aliphatic rings. The fourth-order valence-electron chi connectivity index (χ4n) is 3.16. The highest BCUT2D eigenvalue weighted by molar-refractivity contribution is 6.60. The Bertz CT molecular complexity index is 261. The van der Waals surface area contributed by atoms with Crippen molar-refractivity contribution in [3.8, 4) is 0 Å². The van der Waals surface area contributed by atoms with E-state index in [1.807, 2.05) is 0 Å². The Labute approximate surface area is 95.4 Å². The van der Waals surface area contributed by atoms with Gasteiger partial charge in [-0.15, -0.1) is 0 Å². The molecule has 2 N–H and O–H groups in total. The van der Waals surface area contributed by atoms with Gasteiger partial charge in [0, 0.05) is 11.6 Å². The van der Waals surface area contributed by atoms with Crippen molar-refractivity contribution in [1.29, 1.82) is 0 Å². The Balaban J connectivity index is 0.000000245. The van der Waals surface area contributed by atoms with Crippen molar-refractivity contribution in [1.82, 2.24) is 0 Å². The second-order valence-electron chi connectivity index (χ2n) is 5.38. The van der Waals surface area contributed by atoms with E-state index in [-0.39, 0.29) is 11.5 Å².